The molecule has 2 fully saturated rings. The average Bonchev–Trinajstić information content (AvgIpc) is 2.83. The zero-order valence-electron chi connectivity index (χ0n) is 19.3. The molecule has 8 nitrogen and oxygen atoms in total. The van der Waals surface area contributed by atoms with Crippen LogP contribution in [0.5, 0.6) is 11.5 Å². The number of hydrogen-bond donors (Lipinski definition) is 1. The number of carbonyl (C=O) groups excluding carboxylic acids is 1. The molecule has 1 aromatic carbocycles. The van der Waals surface area contributed by atoms with E-state index in [-0.39, 0.29) is 5.91 Å². The van der Waals surface area contributed by atoms with Crippen molar-refractivity contribution in [3.8, 4) is 11.5 Å². The number of piperazine rings is 1. The number of aryl methyl sites for hydroxylation is 1. The number of aromatic nitrogens is 2. The Kier molecular flexibility index (Phi) is 6.97. The molecule has 2 aliphatic rings. The number of amides is 1. The summed E-state index contributed by atoms with van der Waals surface area (Å²) in [6.07, 6.45) is 6.23. The van der Waals surface area contributed by atoms with Gasteiger partial charge in [0.25, 0.3) is 5.91 Å². The van der Waals surface area contributed by atoms with Gasteiger partial charge >= 0.3 is 0 Å². The van der Waals surface area contributed by atoms with Crippen LogP contribution in [0.3, 0.4) is 0 Å². The van der Waals surface area contributed by atoms with Crippen LogP contribution in [0.15, 0.2) is 24.3 Å². The van der Waals surface area contributed by atoms with Crippen molar-refractivity contribution < 1.29 is 14.3 Å². The van der Waals surface area contributed by atoms with Gasteiger partial charge in [-0.05, 0) is 38.0 Å². The summed E-state index contributed by atoms with van der Waals surface area (Å²) in [5.74, 6) is 2.82. The van der Waals surface area contributed by atoms with Crippen LogP contribution in [0.4, 0.5) is 11.8 Å². The fourth-order valence-electron chi connectivity index (χ4n) is 4.50. The van der Waals surface area contributed by atoms with E-state index in [1.807, 2.05) is 17.9 Å². The Labute approximate surface area is 189 Å². The first-order valence-corrected chi connectivity index (χ1v) is 11.5. The topological polar surface area (TPSA) is 79.8 Å². The Bertz CT molecular complexity index is 937. The normalized spacial score (nSPS) is 17.2. The molecule has 2 heterocycles. The molecule has 4 rings (SSSR count). The summed E-state index contributed by atoms with van der Waals surface area (Å²) >= 11 is 0. The quantitative estimate of drug-likeness (QED) is 0.738. The van der Waals surface area contributed by atoms with Crippen molar-refractivity contribution in [2.75, 3.05) is 50.6 Å². The second-order valence-corrected chi connectivity index (χ2v) is 8.52. The van der Waals surface area contributed by atoms with Gasteiger partial charge in [0, 0.05) is 49.5 Å². The minimum Gasteiger partial charge on any atom is -0.493 e. The minimum atomic E-state index is 0.00382. The van der Waals surface area contributed by atoms with Crippen LogP contribution < -0.4 is 19.7 Å². The molecule has 0 radical (unpaired) electrons. The van der Waals surface area contributed by atoms with E-state index < -0.39 is 0 Å². The second-order valence-electron chi connectivity index (χ2n) is 8.52. The molecule has 32 heavy (non-hydrogen) atoms. The molecule has 0 bridgehead atoms. The number of carbonyl (C=O) groups is 1. The molecular weight excluding hydrogens is 406 g/mol. The van der Waals surface area contributed by atoms with Gasteiger partial charge in [0.15, 0.2) is 11.5 Å². The molecule has 1 N–H and O–H groups in total. The monoisotopic (exact) mass is 439 g/mol. The van der Waals surface area contributed by atoms with E-state index in [0.29, 0.717) is 36.2 Å². The molecule has 0 atom stereocenters. The van der Waals surface area contributed by atoms with Gasteiger partial charge in [0.05, 0.1) is 14.2 Å². The molecular formula is C24H33N5O3. The minimum absolute atomic E-state index is 0.00382. The summed E-state index contributed by atoms with van der Waals surface area (Å²) in [6.45, 7) is 4.76. The van der Waals surface area contributed by atoms with Gasteiger partial charge in [-0.3, -0.25) is 4.79 Å². The Morgan fingerprint density at radius 1 is 0.969 bits per heavy atom. The first-order chi connectivity index (χ1) is 15.6. The van der Waals surface area contributed by atoms with Gasteiger partial charge in [-0.1, -0.05) is 19.3 Å². The van der Waals surface area contributed by atoms with Crippen LogP contribution in [-0.2, 0) is 0 Å². The Balaban J connectivity index is 1.39. The molecule has 1 saturated heterocycles. The fraction of sp³-hybridized carbons (Fsp3) is 0.542. The van der Waals surface area contributed by atoms with Gasteiger partial charge in [0.1, 0.15) is 5.82 Å². The van der Waals surface area contributed by atoms with Crippen molar-refractivity contribution in [2.45, 2.75) is 45.1 Å². The smallest absolute Gasteiger partial charge is 0.254 e. The standard InChI is InChI=1S/C24H33N5O3/c1-17-15-22(27-24(25-17)26-19-7-5-4-6-8-19)28-11-13-29(14-12-28)23(30)18-9-10-20(31-2)21(16-18)32-3/h9-10,15-16,19H,4-8,11-14H2,1-3H3,(H,25,26,27). The third-order valence-corrected chi connectivity index (χ3v) is 6.30. The third-order valence-electron chi connectivity index (χ3n) is 6.30. The fourth-order valence-corrected chi connectivity index (χ4v) is 4.50. The number of benzene rings is 1. The third kappa shape index (κ3) is 5.06. The summed E-state index contributed by atoms with van der Waals surface area (Å²) in [5, 5.41) is 3.53. The van der Waals surface area contributed by atoms with Gasteiger partial charge in [-0.25, -0.2) is 4.98 Å². The van der Waals surface area contributed by atoms with Crippen molar-refractivity contribution in [1.29, 1.82) is 0 Å². The predicted octanol–water partition coefficient (Wildman–Crippen LogP) is 3.51. The summed E-state index contributed by atoms with van der Waals surface area (Å²) in [5.41, 5.74) is 1.56. The number of hydrogen-bond acceptors (Lipinski definition) is 7. The maximum atomic E-state index is 13.0. The SMILES string of the molecule is COc1ccc(C(=O)N2CCN(c3cc(C)nc(NC4CCCCC4)n3)CC2)cc1OC. The highest BCUT2D eigenvalue weighted by Gasteiger charge is 2.24. The van der Waals surface area contributed by atoms with Crippen molar-refractivity contribution in [3.63, 3.8) is 0 Å². The molecule has 1 aliphatic carbocycles. The van der Waals surface area contributed by atoms with Crippen molar-refractivity contribution in [2.24, 2.45) is 0 Å². The van der Waals surface area contributed by atoms with Crippen LogP contribution in [0.25, 0.3) is 0 Å². The lowest BCUT2D eigenvalue weighted by Gasteiger charge is -2.35. The summed E-state index contributed by atoms with van der Waals surface area (Å²) in [6, 6.07) is 7.79. The van der Waals surface area contributed by atoms with E-state index in [1.165, 1.54) is 32.1 Å². The Hall–Kier alpha value is -3.03. The van der Waals surface area contributed by atoms with Crippen molar-refractivity contribution in [1.82, 2.24) is 14.9 Å². The molecule has 0 spiro atoms. The lowest BCUT2D eigenvalue weighted by Crippen LogP contribution is -2.49. The number of rotatable bonds is 6. The first-order valence-electron chi connectivity index (χ1n) is 11.5. The molecule has 1 amide bonds. The van der Waals surface area contributed by atoms with Gasteiger partial charge in [-0.15, -0.1) is 0 Å². The highest BCUT2D eigenvalue weighted by molar-refractivity contribution is 5.95. The number of anilines is 2. The van der Waals surface area contributed by atoms with Crippen LogP contribution >= 0.6 is 0 Å². The Morgan fingerprint density at radius 2 is 1.69 bits per heavy atom. The lowest BCUT2D eigenvalue weighted by atomic mass is 9.96. The highest BCUT2D eigenvalue weighted by atomic mass is 16.5. The number of nitrogens with one attached hydrogen (secondary N) is 1. The maximum absolute atomic E-state index is 13.0. The lowest BCUT2D eigenvalue weighted by molar-refractivity contribution is 0.0746. The molecule has 8 heteroatoms. The second kappa shape index (κ2) is 10.1. The number of nitrogens with zero attached hydrogens (tertiary/aromatic N) is 4. The van der Waals surface area contributed by atoms with Gasteiger partial charge in [0.2, 0.25) is 5.95 Å². The molecule has 0 unspecified atom stereocenters. The van der Waals surface area contributed by atoms with E-state index in [1.54, 1.807) is 32.4 Å². The van der Waals surface area contributed by atoms with E-state index in [4.69, 9.17) is 14.5 Å². The predicted molar refractivity (Wildman–Crippen MR) is 125 cm³/mol. The van der Waals surface area contributed by atoms with Crippen LogP contribution in [0.1, 0.15) is 48.2 Å². The maximum Gasteiger partial charge on any atom is 0.254 e. The van der Waals surface area contributed by atoms with E-state index in [2.05, 4.69) is 15.2 Å². The van der Waals surface area contributed by atoms with E-state index in [9.17, 15) is 4.79 Å². The molecule has 172 valence electrons. The summed E-state index contributed by atoms with van der Waals surface area (Å²) in [7, 11) is 3.16. The molecule has 1 aliphatic heterocycles. The van der Waals surface area contributed by atoms with Crippen molar-refractivity contribution in [3.05, 3.63) is 35.5 Å². The van der Waals surface area contributed by atoms with Crippen LogP contribution in [0.2, 0.25) is 0 Å². The molecule has 1 saturated carbocycles. The Morgan fingerprint density at radius 3 is 2.38 bits per heavy atom. The number of methoxy groups -OCH3 is 2. The van der Waals surface area contributed by atoms with Crippen LogP contribution in [-0.4, -0.2) is 67.2 Å². The highest BCUT2D eigenvalue weighted by Crippen LogP contribution is 2.28. The molecule has 1 aromatic heterocycles. The largest absolute Gasteiger partial charge is 0.493 e. The first kappa shape index (κ1) is 22.2. The zero-order valence-corrected chi connectivity index (χ0v) is 19.3. The summed E-state index contributed by atoms with van der Waals surface area (Å²) < 4.78 is 10.6. The number of ether oxygens (including phenoxy) is 2. The summed E-state index contributed by atoms with van der Waals surface area (Å²) in [4.78, 5) is 26.5. The van der Waals surface area contributed by atoms with E-state index in [0.717, 1.165) is 30.5 Å². The van der Waals surface area contributed by atoms with E-state index >= 15 is 0 Å². The zero-order chi connectivity index (χ0) is 22.5. The van der Waals surface area contributed by atoms with Gasteiger partial charge < -0.3 is 24.6 Å². The van der Waals surface area contributed by atoms with Crippen molar-refractivity contribution >= 4 is 17.7 Å². The average molecular weight is 440 g/mol. The molecule has 2 aromatic rings. The van der Waals surface area contributed by atoms with Crippen LogP contribution in [0, 0.1) is 6.92 Å². The van der Waals surface area contributed by atoms with Gasteiger partial charge in [-0.2, -0.15) is 4.98 Å².